The molecule has 2 aliphatic rings. The van der Waals surface area contributed by atoms with Gasteiger partial charge in [-0.1, -0.05) is 42.5 Å². The highest BCUT2D eigenvalue weighted by atomic mass is 16.6. The number of carbonyl (C=O) groups is 1. The number of pyridine rings is 2. The number of amides is 1. The Morgan fingerprint density at radius 2 is 1.61 bits per heavy atom. The molecule has 44 heavy (non-hydrogen) atoms. The van der Waals surface area contributed by atoms with Gasteiger partial charge in [-0.15, -0.1) is 0 Å². The van der Waals surface area contributed by atoms with E-state index >= 15 is 0 Å². The number of ether oxygens (including phenoxy) is 1. The van der Waals surface area contributed by atoms with Gasteiger partial charge in [0.25, 0.3) is 0 Å². The van der Waals surface area contributed by atoms with Crippen LogP contribution in [0.3, 0.4) is 0 Å². The van der Waals surface area contributed by atoms with Crippen molar-refractivity contribution in [2.24, 2.45) is 11.8 Å². The summed E-state index contributed by atoms with van der Waals surface area (Å²) >= 11 is 0. The van der Waals surface area contributed by atoms with Gasteiger partial charge in [0.1, 0.15) is 16.9 Å². The minimum Gasteiger partial charge on any atom is -0.444 e. The van der Waals surface area contributed by atoms with Crippen LogP contribution in [0.25, 0.3) is 39.5 Å². The highest BCUT2D eigenvalue weighted by molar-refractivity contribution is 5.84. The second-order valence-corrected chi connectivity index (χ2v) is 12.9. The van der Waals surface area contributed by atoms with Gasteiger partial charge in [-0.3, -0.25) is 9.47 Å². The van der Waals surface area contributed by atoms with E-state index in [0.29, 0.717) is 23.5 Å². The van der Waals surface area contributed by atoms with E-state index < -0.39 is 5.60 Å². The lowest BCUT2D eigenvalue weighted by Crippen LogP contribution is -2.37. The number of nitrogen functional groups attached to an aromatic ring is 1. The zero-order chi connectivity index (χ0) is 30.4. The predicted octanol–water partition coefficient (Wildman–Crippen LogP) is 6.03. The Balaban J connectivity index is 1.13. The van der Waals surface area contributed by atoms with Crippen molar-refractivity contribution in [1.29, 1.82) is 0 Å². The maximum absolute atomic E-state index is 12.6. The summed E-state index contributed by atoms with van der Waals surface area (Å²) in [6.45, 7) is 10.1. The van der Waals surface area contributed by atoms with E-state index in [9.17, 15) is 4.79 Å². The summed E-state index contributed by atoms with van der Waals surface area (Å²) in [7, 11) is 0. The number of aromatic nitrogens is 4. The Hall–Kier alpha value is -4.76. The number of fused-ring (bicyclic) bond motifs is 2. The molecule has 9 heteroatoms. The van der Waals surface area contributed by atoms with Crippen LogP contribution in [-0.4, -0.2) is 67.2 Å². The van der Waals surface area contributed by atoms with Crippen molar-refractivity contribution in [2.75, 3.05) is 31.9 Å². The molecule has 3 aromatic heterocycles. The lowest BCUT2D eigenvalue weighted by Gasteiger charge is -2.26. The molecule has 224 valence electrons. The van der Waals surface area contributed by atoms with Crippen molar-refractivity contribution in [3.63, 3.8) is 0 Å². The molecule has 0 unspecified atom stereocenters. The number of carbonyl (C=O) groups excluding carboxylic acids is 1. The number of nitrogens with zero attached hydrogens (tertiary/aromatic N) is 6. The number of likely N-dealkylation sites (tertiary alicyclic amines) is 2. The molecule has 0 saturated carbocycles. The molecule has 2 saturated heterocycles. The molecule has 2 atom stereocenters. The summed E-state index contributed by atoms with van der Waals surface area (Å²) in [4.78, 5) is 31.3. The summed E-state index contributed by atoms with van der Waals surface area (Å²) in [5.74, 6) is 2.10. The van der Waals surface area contributed by atoms with Crippen LogP contribution in [-0.2, 0) is 11.3 Å². The highest BCUT2D eigenvalue weighted by Crippen LogP contribution is 2.34. The fraction of sp³-hybridized carbons (Fsp3) is 0.314. The number of imidazole rings is 1. The average Bonchev–Trinajstić information content (AvgIpc) is 3.69. The smallest absolute Gasteiger partial charge is 0.410 e. The largest absolute Gasteiger partial charge is 0.444 e. The van der Waals surface area contributed by atoms with Gasteiger partial charge in [0.15, 0.2) is 11.5 Å². The zero-order valence-electron chi connectivity index (χ0n) is 25.4. The molecule has 5 aromatic rings. The number of hydrogen-bond acceptors (Lipinski definition) is 7. The molecule has 2 fully saturated rings. The third-order valence-electron chi connectivity index (χ3n) is 8.47. The average molecular weight is 588 g/mol. The second kappa shape index (κ2) is 11.1. The minimum atomic E-state index is -0.471. The molecule has 7 rings (SSSR count). The Morgan fingerprint density at radius 1 is 0.886 bits per heavy atom. The molecule has 5 heterocycles. The normalized spacial score (nSPS) is 18.6. The van der Waals surface area contributed by atoms with Crippen LogP contribution >= 0.6 is 0 Å². The number of nitrogens with two attached hydrogens (primary N) is 1. The van der Waals surface area contributed by atoms with Crippen LogP contribution in [0.1, 0.15) is 26.3 Å². The molecular weight excluding hydrogens is 550 g/mol. The SMILES string of the molecule is CC(C)(C)OC(=O)N1C[C@H]2CN(Cc3ccc(-n4c(-c5cccnc5N)nc5ccc(-c6ccccc6)nc54)cc3)C[C@H]2C1. The summed E-state index contributed by atoms with van der Waals surface area (Å²) < 4.78 is 7.68. The standard InChI is InChI=1S/C35H37N7O2/c1-35(2,3)44-34(43)41-21-25-19-40(20-26(25)22-41)18-23-11-13-27(14-12-23)42-32(28-10-7-17-37-31(28)36)39-30-16-15-29(38-33(30)42)24-8-5-4-6-9-24/h4-17,25-26H,18-22H2,1-3H3,(H2,36,37)/t25-,26+. The van der Waals surface area contributed by atoms with Crippen LogP contribution in [0.15, 0.2) is 85.1 Å². The molecule has 0 bridgehead atoms. The number of anilines is 1. The van der Waals surface area contributed by atoms with E-state index in [2.05, 4.69) is 50.8 Å². The van der Waals surface area contributed by atoms with Crippen molar-refractivity contribution in [1.82, 2.24) is 29.3 Å². The van der Waals surface area contributed by atoms with Gasteiger partial charge >= 0.3 is 6.09 Å². The number of rotatable bonds is 5. The topological polar surface area (TPSA) is 102 Å². The van der Waals surface area contributed by atoms with Gasteiger partial charge in [0.05, 0.1) is 11.3 Å². The van der Waals surface area contributed by atoms with E-state index in [1.54, 1.807) is 6.20 Å². The maximum Gasteiger partial charge on any atom is 0.410 e. The molecule has 0 spiro atoms. The molecule has 2 aliphatic heterocycles. The zero-order valence-corrected chi connectivity index (χ0v) is 25.4. The third-order valence-corrected chi connectivity index (χ3v) is 8.47. The molecule has 0 aliphatic carbocycles. The molecule has 2 N–H and O–H groups in total. The van der Waals surface area contributed by atoms with E-state index in [1.807, 2.05) is 68.1 Å². The van der Waals surface area contributed by atoms with Gasteiger partial charge in [-0.05, 0) is 74.6 Å². The van der Waals surface area contributed by atoms with Crippen molar-refractivity contribution in [3.05, 3.63) is 90.6 Å². The van der Waals surface area contributed by atoms with E-state index in [4.69, 9.17) is 20.4 Å². The van der Waals surface area contributed by atoms with Crippen molar-refractivity contribution < 1.29 is 9.53 Å². The first kappa shape index (κ1) is 28.0. The Labute approximate surface area is 257 Å². The van der Waals surface area contributed by atoms with Crippen molar-refractivity contribution in [3.8, 4) is 28.3 Å². The summed E-state index contributed by atoms with van der Waals surface area (Å²) in [5.41, 5.74) is 12.3. The third kappa shape index (κ3) is 5.51. The Bertz CT molecular complexity index is 1800. The highest BCUT2D eigenvalue weighted by Gasteiger charge is 2.42. The summed E-state index contributed by atoms with van der Waals surface area (Å²) in [6, 6.07) is 26.6. The first-order valence-electron chi connectivity index (χ1n) is 15.2. The molecule has 2 aromatic carbocycles. The second-order valence-electron chi connectivity index (χ2n) is 12.9. The van der Waals surface area contributed by atoms with Crippen LogP contribution in [0.5, 0.6) is 0 Å². The van der Waals surface area contributed by atoms with E-state index in [1.165, 1.54) is 5.56 Å². The van der Waals surface area contributed by atoms with Gasteiger partial charge in [-0.25, -0.2) is 19.7 Å². The quantitative estimate of drug-likeness (QED) is 0.268. The summed E-state index contributed by atoms with van der Waals surface area (Å²) in [5, 5.41) is 0. The Morgan fingerprint density at radius 3 is 2.30 bits per heavy atom. The van der Waals surface area contributed by atoms with Crippen LogP contribution in [0.4, 0.5) is 10.6 Å². The van der Waals surface area contributed by atoms with Gasteiger partial charge in [-0.2, -0.15) is 0 Å². The van der Waals surface area contributed by atoms with E-state index in [-0.39, 0.29) is 6.09 Å². The molecular formula is C35H37N7O2. The maximum atomic E-state index is 12.6. The van der Waals surface area contributed by atoms with Crippen LogP contribution in [0, 0.1) is 11.8 Å². The van der Waals surface area contributed by atoms with E-state index in [0.717, 1.165) is 66.4 Å². The monoisotopic (exact) mass is 587 g/mol. The Kier molecular flexibility index (Phi) is 7.05. The van der Waals surface area contributed by atoms with Crippen molar-refractivity contribution >= 4 is 23.1 Å². The number of benzene rings is 2. The summed E-state index contributed by atoms with van der Waals surface area (Å²) in [6.07, 6.45) is 1.49. The lowest BCUT2D eigenvalue weighted by atomic mass is 10.0. The minimum absolute atomic E-state index is 0.196. The molecule has 0 radical (unpaired) electrons. The van der Waals surface area contributed by atoms with Gasteiger partial charge < -0.3 is 15.4 Å². The van der Waals surface area contributed by atoms with Crippen LogP contribution in [0.2, 0.25) is 0 Å². The fourth-order valence-electron chi connectivity index (χ4n) is 6.46. The molecule has 1 amide bonds. The van der Waals surface area contributed by atoms with Gasteiger partial charge in [0, 0.05) is 50.2 Å². The fourth-order valence-corrected chi connectivity index (χ4v) is 6.46. The lowest BCUT2D eigenvalue weighted by molar-refractivity contribution is 0.0274. The first-order valence-corrected chi connectivity index (χ1v) is 15.2. The van der Waals surface area contributed by atoms with Crippen molar-refractivity contribution in [2.45, 2.75) is 32.9 Å². The first-order chi connectivity index (χ1) is 21.2. The van der Waals surface area contributed by atoms with Crippen LogP contribution < -0.4 is 5.73 Å². The predicted molar refractivity (Wildman–Crippen MR) is 172 cm³/mol. The molecule has 9 nitrogen and oxygen atoms in total. The van der Waals surface area contributed by atoms with Gasteiger partial charge in [0.2, 0.25) is 0 Å². The number of hydrogen-bond donors (Lipinski definition) is 1.